The molecule has 17 heteroatoms. The van der Waals surface area contributed by atoms with Crippen LogP contribution in [-0.2, 0) is 36.8 Å². The lowest BCUT2D eigenvalue weighted by atomic mass is 10.0. The van der Waals surface area contributed by atoms with E-state index in [0.29, 0.717) is 11.3 Å². The quantitative estimate of drug-likeness (QED) is 0.0488. The summed E-state index contributed by atoms with van der Waals surface area (Å²) in [5.74, 6) is -5.20. The second kappa shape index (κ2) is 16.9. The number of carboxylic acid groups (broad SMARTS) is 2. The number of carbonyl (C=O) groups is 5. The molecular formula is C26H37N9O8. The van der Waals surface area contributed by atoms with E-state index >= 15 is 0 Å². The van der Waals surface area contributed by atoms with Gasteiger partial charge in [-0.15, -0.1) is 0 Å². The lowest BCUT2D eigenvalue weighted by Gasteiger charge is -2.25. The number of phenolic OH excluding ortho intramolecular Hbond substituents is 1. The first-order valence-electron chi connectivity index (χ1n) is 13.3. The summed E-state index contributed by atoms with van der Waals surface area (Å²) in [5.41, 5.74) is 17.7. The maximum Gasteiger partial charge on any atom is 0.326 e. The normalized spacial score (nSPS) is 13.5. The zero-order valence-corrected chi connectivity index (χ0v) is 23.2. The van der Waals surface area contributed by atoms with Gasteiger partial charge in [-0.2, -0.15) is 0 Å². The van der Waals surface area contributed by atoms with Crippen LogP contribution in [0.15, 0.2) is 41.8 Å². The molecule has 3 amide bonds. The molecule has 0 aliphatic rings. The third kappa shape index (κ3) is 12.5. The Morgan fingerprint density at radius 3 is 2.09 bits per heavy atom. The summed E-state index contributed by atoms with van der Waals surface area (Å²) in [6.07, 6.45) is 2.09. The van der Waals surface area contributed by atoms with Crippen molar-refractivity contribution in [2.24, 2.45) is 22.2 Å². The van der Waals surface area contributed by atoms with Gasteiger partial charge < -0.3 is 53.5 Å². The molecule has 0 saturated carbocycles. The number of H-pyrrole nitrogens is 1. The highest BCUT2D eigenvalue weighted by Gasteiger charge is 2.31. The average Bonchev–Trinajstić information content (AvgIpc) is 3.46. The van der Waals surface area contributed by atoms with Crippen LogP contribution in [-0.4, -0.2) is 91.6 Å². The van der Waals surface area contributed by atoms with Crippen LogP contribution in [0.5, 0.6) is 5.75 Å². The van der Waals surface area contributed by atoms with E-state index < -0.39 is 60.2 Å². The number of carboxylic acids is 2. The van der Waals surface area contributed by atoms with Crippen molar-refractivity contribution in [1.82, 2.24) is 25.9 Å². The van der Waals surface area contributed by atoms with Crippen molar-refractivity contribution in [3.8, 4) is 5.75 Å². The molecule has 43 heavy (non-hydrogen) atoms. The van der Waals surface area contributed by atoms with Gasteiger partial charge >= 0.3 is 11.9 Å². The van der Waals surface area contributed by atoms with Crippen molar-refractivity contribution in [3.05, 3.63) is 48.0 Å². The van der Waals surface area contributed by atoms with Crippen molar-refractivity contribution in [3.63, 3.8) is 0 Å². The third-order valence-corrected chi connectivity index (χ3v) is 6.18. The van der Waals surface area contributed by atoms with Crippen LogP contribution in [0.3, 0.4) is 0 Å². The second-order valence-electron chi connectivity index (χ2n) is 9.66. The highest BCUT2D eigenvalue weighted by molar-refractivity contribution is 5.94. The largest absolute Gasteiger partial charge is 0.508 e. The first kappa shape index (κ1) is 34.0. The predicted molar refractivity (Wildman–Crippen MR) is 152 cm³/mol. The molecule has 1 heterocycles. The number of nitrogens with zero attached hydrogens (tertiary/aromatic N) is 2. The minimum absolute atomic E-state index is 0.0418. The van der Waals surface area contributed by atoms with Crippen LogP contribution < -0.4 is 33.2 Å². The van der Waals surface area contributed by atoms with Gasteiger partial charge in [-0.25, -0.2) is 9.78 Å². The van der Waals surface area contributed by atoms with Crippen molar-refractivity contribution in [1.29, 1.82) is 0 Å². The van der Waals surface area contributed by atoms with Crippen LogP contribution >= 0.6 is 0 Å². The van der Waals surface area contributed by atoms with E-state index in [4.69, 9.17) is 22.3 Å². The van der Waals surface area contributed by atoms with Gasteiger partial charge in [0.15, 0.2) is 5.96 Å². The average molecular weight is 604 g/mol. The van der Waals surface area contributed by atoms with Gasteiger partial charge in [0, 0.05) is 31.3 Å². The summed E-state index contributed by atoms with van der Waals surface area (Å²) in [6, 6.07) is 0.893. The summed E-state index contributed by atoms with van der Waals surface area (Å²) in [4.78, 5) is 72.8. The summed E-state index contributed by atoms with van der Waals surface area (Å²) in [7, 11) is 0. The van der Waals surface area contributed by atoms with Crippen molar-refractivity contribution < 1.29 is 39.3 Å². The summed E-state index contributed by atoms with van der Waals surface area (Å²) in [5, 5.41) is 35.5. The number of aromatic hydroxyl groups is 1. The van der Waals surface area contributed by atoms with E-state index in [0.717, 1.165) is 0 Å². The van der Waals surface area contributed by atoms with E-state index in [9.17, 15) is 34.2 Å². The Balaban J connectivity index is 2.17. The summed E-state index contributed by atoms with van der Waals surface area (Å²) in [6.45, 7) is 0.116. The van der Waals surface area contributed by atoms with Crippen LogP contribution in [0.1, 0.15) is 36.9 Å². The van der Waals surface area contributed by atoms with Gasteiger partial charge in [-0.05, 0) is 43.4 Å². The molecule has 4 atom stereocenters. The van der Waals surface area contributed by atoms with Gasteiger partial charge in [0.1, 0.15) is 23.9 Å². The lowest BCUT2D eigenvalue weighted by molar-refractivity contribution is -0.143. The molecule has 0 saturated heterocycles. The number of carbonyl (C=O) groups excluding carboxylic acids is 3. The number of imidazole rings is 1. The van der Waals surface area contributed by atoms with Crippen LogP contribution in [0.25, 0.3) is 0 Å². The first-order chi connectivity index (χ1) is 20.3. The maximum absolute atomic E-state index is 13.4. The Morgan fingerprint density at radius 2 is 1.51 bits per heavy atom. The van der Waals surface area contributed by atoms with Gasteiger partial charge in [-0.3, -0.25) is 24.2 Å². The zero-order chi connectivity index (χ0) is 31.9. The Bertz CT molecular complexity index is 1260. The molecule has 13 N–H and O–H groups in total. The molecule has 0 radical (unpaired) electrons. The Hall–Kier alpha value is -5.19. The number of phenols is 1. The highest BCUT2D eigenvalue weighted by Crippen LogP contribution is 2.11. The number of benzene rings is 1. The second-order valence-corrected chi connectivity index (χ2v) is 9.66. The molecule has 1 aromatic heterocycles. The van der Waals surface area contributed by atoms with Crippen LogP contribution in [0, 0.1) is 0 Å². The Kier molecular flexibility index (Phi) is 13.4. The van der Waals surface area contributed by atoms with Crippen molar-refractivity contribution in [2.45, 2.75) is 62.7 Å². The number of rotatable bonds is 18. The Morgan fingerprint density at radius 1 is 0.884 bits per heavy atom. The van der Waals surface area contributed by atoms with E-state index in [2.05, 4.69) is 30.9 Å². The lowest BCUT2D eigenvalue weighted by Crippen LogP contribution is -2.57. The van der Waals surface area contributed by atoms with E-state index in [1.165, 1.54) is 24.7 Å². The van der Waals surface area contributed by atoms with E-state index in [1.807, 2.05) is 0 Å². The molecule has 0 fully saturated rings. The standard InChI is InChI=1S/C26H37N9O8/c27-17(10-14-3-5-16(36)6-4-14)22(39)35-20(11-15-12-30-13-32-15)24(41)33-18(7-8-21(37)38)23(40)34-19(25(42)43)2-1-9-31-26(28)29/h3-6,12-13,17-20,36H,1-2,7-11,27H2,(H,30,32)(H,33,41)(H,34,40)(H,35,39)(H,37,38)(H,42,43)(H4,28,29,31). The fourth-order valence-electron chi connectivity index (χ4n) is 3.93. The SMILES string of the molecule is NC(N)=NCCCC(NC(=O)C(CCC(=O)O)NC(=O)C(Cc1cnc[nH]1)NC(=O)C(N)Cc1ccc(O)cc1)C(=O)O. The van der Waals surface area contributed by atoms with E-state index in [1.54, 1.807) is 12.1 Å². The number of aromatic nitrogens is 2. The molecular weight excluding hydrogens is 566 g/mol. The molecule has 0 aliphatic heterocycles. The summed E-state index contributed by atoms with van der Waals surface area (Å²) >= 11 is 0. The first-order valence-corrected chi connectivity index (χ1v) is 13.3. The summed E-state index contributed by atoms with van der Waals surface area (Å²) < 4.78 is 0. The molecule has 2 aromatic rings. The van der Waals surface area contributed by atoms with Gasteiger partial charge in [0.05, 0.1) is 12.4 Å². The van der Waals surface area contributed by atoms with Crippen LogP contribution in [0.2, 0.25) is 0 Å². The monoisotopic (exact) mass is 603 g/mol. The number of aliphatic carboxylic acids is 2. The maximum atomic E-state index is 13.4. The molecule has 0 bridgehead atoms. The fraction of sp³-hybridized carbons (Fsp3) is 0.423. The number of hydrogen-bond donors (Lipinski definition) is 10. The van der Waals surface area contributed by atoms with Gasteiger partial charge in [-0.1, -0.05) is 12.1 Å². The molecule has 2 rings (SSSR count). The number of hydrogen-bond acceptors (Lipinski definition) is 9. The number of nitrogens with two attached hydrogens (primary N) is 3. The van der Waals surface area contributed by atoms with Crippen molar-refractivity contribution in [2.75, 3.05) is 6.54 Å². The predicted octanol–water partition coefficient (Wildman–Crippen LogP) is -2.31. The third-order valence-electron chi connectivity index (χ3n) is 6.18. The topological polar surface area (TPSA) is 301 Å². The van der Waals surface area contributed by atoms with Crippen molar-refractivity contribution >= 4 is 35.6 Å². The number of aromatic amines is 1. The van der Waals surface area contributed by atoms with E-state index in [-0.39, 0.29) is 50.4 Å². The molecule has 234 valence electrons. The molecule has 4 unspecified atom stereocenters. The molecule has 17 nitrogen and oxygen atoms in total. The number of guanidine groups is 1. The molecule has 0 spiro atoms. The fourth-order valence-corrected chi connectivity index (χ4v) is 3.93. The number of nitrogens with one attached hydrogen (secondary N) is 4. The van der Waals surface area contributed by atoms with Crippen LogP contribution in [0.4, 0.5) is 0 Å². The van der Waals surface area contributed by atoms with Gasteiger partial charge in [0.25, 0.3) is 0 Å². The Labute approximate surface area is 246 Å². The zero-order valence-electron chi connectivity index (χ0n) is 23.2. The number of amides is 3. The smallest absolute Gasteiger partial charge is 0.326 e. The molecule has 1 aromatic carbocycles. The minimum Gasteiger partial charge on any atom is -0.508 e. The highest BCUT2D eigenvalue weighted by atomic mass is 16.4. The minimum atomic E-state index is -1.45. The number of aliphatic imine (C=N–C) groups is 1. The van der Waals surface area contributed by atoms with Gasteiger partial charge in [0.2, 0.25) is 17.7 Å². The molecule has 0 aliphatic carbocycles.